The van der Waals surface area contributed by atoms with Gasteiger partial charge in [0.1, 0.15) is 18.0 Å². The molecule has 0 aliphatic carbocycles. The molecule has 1 aliphatic heterocycles. The summed E-state index contributed by atoms with van der Waals surface area (Å²) in [7, 11) is 3.27. The summed E-state index contributed by atoms with van der Waals surface area (Å²) < 4.78 is 4.86. The number of benzene rings is 1. The summed E-state index contributed by atoms with van der Waals surface area (Å²) in [6.07, 6.45) is 3.96. The van der Waals surface area contributed by atoms with Crippen molar-refractivity contribution in [2.75, 3.05) is 37.0 Å². The molecule has 1 saturated heterocycles. The summed E-state index contributed by atoms with van der Waals surface area (Å²) >= 11 is 0. The van der Waals surface area contributed by atoms with E-state index in [4.69, 9.17) is 4.74 Å². The van der Waals surface area contributed by atoms with Crippen molar-refractivity contribution in [1.29, 1.82) is 0 Å². The zero-order valence-corrected chi connectivity index (χ0v) is 13.4. The summed E-state index contributed by atoms with van der Waals surface area (Å²) in [4.78, 5) is 24.8. The normalized spacial score (nSPS) is 13.9. The quantitative estimate of drug-likeness (QED) is 0.809. The first-order chi connectivity index (χ1) is 11.2. The lowest BCUT2D eigenvalue weighted by Gasteiger charge is -2.22. The lowest BCUT2D eigenvalue weighted by molar-refractivity contribution is 0.0601. The van der Waals surface area contributed by atoms with Gasteiger partial charge >= 0.3 is 5.97 Å². The molecular weight excluding hydrogens is 292 g/mol. The minimum atomic E-state index is -0.360. The van der Waals surface area contributed by atoms with Crippen LogP contribution in [0.15, 0.2) is 36.7 Å². The van der Waals surface area contributed by atoms with Crippen molar-refractivity contribution in [2.45, 2.75) is 12.8 Å². The Labute approximate surface area is 135 Å². The van der Waals surface area contributed by atoms with E-state index in [1.54, 1.807) is 12.4 Å². The summed E-state index contributed by atoms with van der Waals surface area (Å²) in [5.41, 5.74) is 1.27. The number of para-hydroxylation sites is 1. The fraction of sp³-hybridized carbons (Fsp3) is 0.353. The minimum Gasteiger partial charge on any atom is -0.465 e. The molecule has 0 bridgehead atoms. The van der Waals surface area contributed by atoms with Crippen LogP contribution in [0.25, 0.3) is 0 Å². The molecule has 6 heteroatoms. The van der Waals surface area contributed by atoms with Crippen LogP contribution in [0.1, 0.15) is 23.2 Å². The second kappa shape index (κ2) is 6.64. The number of nitrogens with zero attached hydrogens (tertiary/aromatic N) is 4. The molecule has 0 atom stereocenters. The monoisotopic (exact) mass is 312 g/mol. The molecule has 0 unspecified atom stereocenters. The smallest absolute Gasteiger partial charge is 0.339 e. The molecule has 120 valence electrons. The van der Waals surface area contributed by atoms with Crippen LogP contribution in [0.2, 0.25) is 0 Å². The van der Waals surface area contributed by atoms with Crippen LogP contribution < -0.4 is 9.80 Å². The van der Waals surface area contributed by atoms with E-state index in [-0.39, 0.29) is 5.97 Å². The van der Waals surface area contributed by atoms with E-state index in [2.05, 4.69) is 14.9 Å². The molecule has 0 amide bonds. The van der Waals surface area contributed by atoms with E-state index in [0.29, 0.717) is 5.56 Å². The Morgan fingerprint density at radius 1 is 1.22 bits per heavy atom. The maximum Gasteiger partial charge on any atom is 0.339 e. The van der Waals surface area contributed by atoms with Gasteiger partial charge in [-0.15, -0.1) is 0 Å². The number of hydrogen-bond donors (Lipinski definition) is 0. The Morgan fingerprint density at radius 3 is 2.70 bits per heavy atom. The number of rotatable bonds is 4. The fourth-order valence-electron chi connectivity index (χ4n) is 2.81. The summed E-state index contributed by atoms with van der Waals surface area (Å²) in [6, 6.07) is 9.30. The zero-order valence-electron chi connectivity index (χ0n) is 13.4. The van der Waals surface area contributed by atoms with Gasteiger partial charge in [0.15, 0.2) is 0 Å². The second-order valence-corrected chi connectivity index (χ2v) is 5.50. The molecule has 1 fully saturated rings. The molecule has 0 saturated carbocycles. The van der Waals surface area contributed by atoms with Gasteiger partial charge < -0.3 is 14.5 Å². The van der Waals surface area contributed by atoms with Crippen LogP contribution in [-0.4, -0.2) is 43.2 Å². The molecule has 23 heavy (non-hydrogen) atoms. The Balaban J connectivity index is 1.93. The maximum atomic E-state index is 12.0. The third-order valence-corrected chi connectivity index (χ3v) is 4.08. The van der Waals surface area contributed by atoms with Crippen molar-refractivity contribution < 1.29 is 9.53 Å². The van der Waals surface area contributed by atoms with E-state index in [9.17, 15) is 4.79 Å². The summed E-state index contributed by atoms with van der Waals surface area (Å²) in [6.45, 7) is 2.05. The standard InChI is InChI=1S/C17H20N4O2/c1-20(14-8-4-3-7-13(14)17(22)23-2)15-11-16(19-12-18-15)21-9-5-6-10-21/h3-4,7-8,11-12H,5-6,9-10H2,1-2H3. The highest BCUT2D eigenvalue weighted by molar-refractivity contribution is 5.96. The highest BCUT2D eigenvalue weighted by atomic mass is 16.5. The first-order valence-electron chi connectivity index (χ1n) is 7.69. The van der Waals surface area contributed by atoms with Crippen LogP contribution in [0.4, 0.5) is 17.3 Å². The van der Waals surface area contributed by atoms with Crippen LogP contribution in [-0.2, 0) is 4.74 Å². The van der Waals surface area contributed by atoms with Gasteiger partial charge in [-0.2, -0.15) is 0 Å². The highest BCUT2D eigenvalue weighted by Gasteiger charge is 2.18. The Morgan fingerprint density at radius 2 is 1.96 bits per heavy atom. The number of esters is 1. The lowest BCUT2D eigenvalue weighted by Crippen LogP contribution is -2.21. The minimum absolute atomic E-state index is 0.360. The molecular formula is C17H20N4O2. The van der Waals surface area contributed by atoms with Crippen molar-refractivity contribution in [1.82, 2.24) is 9.97 Å². The number of carbonyl (C=O) groups is 1. The number of hydrogen-bond acceptors (Lipinski definition) is 6. The van der Waals surface area contributed by atoms with Crippen LogP contribution in [0.5, 0.6) is 0 Å². The van der Waals surface area contributed by atoms with Gasteiger partial charge in [0.2, 0.25) is 0 Å². The highest BCUT2D eigenvalue weighted by Crippen LogP contribution is 2.28. The second-order valence-electron chi connectivity index (χ2n) is 5.50. The Bertz CT molecular complexity index is 698. The predicted octanol–water partition coefficient (Wildman–Crippen LogP) is 2.63. The first-order valence-corrected chi connectivity index (χ1v) is 7.69. The van der Waals surface area contributed by atoms with Gasteiger partial charge in [-0.3, -0.25) is 0 Å². The van der Waals surface area contributed by atoms with E-state index in [0.717, 1.165) is 30.4 Å². The van der Waals surface area contributed by atoms with Crippen molar-refractivity contribution in [3.05, 3.63) is 42.2 Å². The molecule has 1 aromatic heterocycles. The average molecular weight is 312 g/mol. The Hall–Kier alpha value is -2.63. The number of carbonyl (C=O) groups excluding carboxylic acids is 1. The van der Waals surface area contributed by atoms with Crippen molar-refractivity contribution in [3.63, 3.8) is 0 Å². The van der Waals surface area contributed by atoms with Gasteiger partial charge in [-0.25, -0.2) is 14.8 Å². The first kappa shape index (κ1) is 15.3. The summed E-state index contributed by atoms with van der Waals surface area (Å²) in [5.74, 6) is 1.31. The number of anilines is 3. The third kappa shape index (κ3) is 3.11. The van der Waals surface area contributed by atoms with Crippen molar-refractivity contribution in [3.8, 4) is 0 Å². The predicted molar refractivity (Wildman–Crippen MR) is 89.3 cm³/mol. The van der Waals surface area contributed by atoms with Crippen LogP contribution >= 0.6 is 0 Å². The number of aromatic nitrogens is 2. The molecule has 1 aromatic carbocycles. The van der Waals surface area contributed by atoms with Crippen LogP contribution in [0, 0.1) is 0 Å². The van der Waals surface area contributed by atoms with Crippen molar-refractivity contribution in [2.24, 2.45) is 0 Å². The number of ether oxygens (including phenoxy) is 1. The van der Waals surface area contributed by atoms with Gasteiger partial charge in [-0.05, 0) is 25.0 Å². The maximum absolute atomic E-state index is 12.0. The molecule has 0 spiro atoms. The van der Waals surface area contributed by atoms with Gasteiger partial charge in [0.25, 0.3) is 0 Å². The van der Waals surface area contributed by atoms with Crippen LogP contribution in [0.3, 0.4) is 0 Å². The molecule has 2 heterocycles. The molecule has 0 radical (unpaired) electrons. The van der Waals surface area contributed by atoms with E-state index < -0.39 is 0 Å². The van der Waals surface area contributed by atoms with Gasteiger partial charge in [0, 0.05) is 26.2 Å². The molecule has 0 N–H and O–H groups in total. The largest absolute Gasteiger partial charge is 0.465 e. The SMILES string of the molecule is COC(=O)c1ccccc1N(C)c1cc(N2CCCC2)ncn1. The third-order valence-electron chi connectivity index (χ3n) is 4.08. The molecule has 2 aromatic rings. The zero-order chi connectivity index (χ0) is 16.2. The average Bonchev–Trinajstić information content (AvgIpc) is 3.15. The molecule has 3 rings (SSSR count). The number of methoxy groups -OCH3 is 1. The van der Waals surface area contributed by atoms with Gasteiger partial charge in [0.05, 0.1) is 18.4 Å². The molecule has 6 nitrogen and oxygen atoms in total. The Kier molecular flexibility index (Phi) is 4.41. The summed E-state index contributed by atoms with van der Waals surface area (Å²) in [5, 5.41) is 0. The van der Waals surface area contributed by atoms with Gasteiger partial charge in [-0.1, -0.05) is 12.1 Å². The van der Waals surface area contributed by atoms with Crippen molar-refractivity contribution >= 4 is 23.3 Å². The fourth-order valence-corrected chi connectivity index (χ4v) is 2.81. The van der Waals surface area contributed by atoms with E-state index in [1.165, 1.54) is 20.0 Å². The lowest BCUT2D eigenvalue weighted by atomic mass is 10.1. The van der Waals surface area contributed by atoms with E-state index in [1.807, 2.05) is 36.2 Å². The molecule has 1 aliphatic rings. The van der Waals surface area contributed by atoms with E-state index >= 15 is 0 Å². The topological polar surface area (TPSA) is 58.6 Å².